The quantitative estimate of drug-likeness (QED) is 0.909. The number of benzene rings is 1. The molecule has 0 radical (unpaired) electrons. The summed E-state index contributed by atoms with van der Waals surface area (Å²) in [5, 5.41) is 3.41. The summed E-state index contributed by atoms with van der Waals surface area (Å²) in [7, 11) is 0. The second-order valence-electron chi connectivity index (χ2n) is 5.69. The Morgan fingerprint density at radius 1 is 1.33 bits per heavy atom. The van der Waals surface area contributed by atoms with E-state index in [2.05, 4.69) is 27.3 Å². The van der Waals surface area contributed by atoms with Crippen LogP contribution in [0.1, 0.15) is 37.3 Å². The zero-order valence-electron chi connectivity index (χ0n) is 12.1. The third kappa shape index (κ3) is 3.58. The maximum atomic E-state index is 12.2. The maximum Gasteiger partial charge on any atom is 0.236 e. The number of hydrogen-bond donors (Lipinski definition) is 1. The number of piperidine rings is 1. The third-order valence-corrected chi connectivity index (χ3v) is 4.71. The van der Waals surface area contributed by atoms with Gasteiger partial charge in [0.05, 0.1) is 13.2 Å². The lowest BCUT2D eigenvalue weighted by Gasteiger charge is -2.30. The molecule has 1 saturated heterocycles. The molecule has 0 saturated carbocycles. The van der Waals surface area contributed by atoms with Crippen molar-refractivity contribution in [1.82, 2.24) is 10.2 Å². The van der Waals surface area contributed by atoms with Crippen molar-refractivity contribution in [2.75, 3.05) is 26.2 Å². The Hall–Kier alpha value is -1.07. The predicted molar refractivity (Wildman–Crippen MR) is 85.4 cm³/mol. The van der Waals surface area contributed by atoms with E-state index in [9.17, 15) is 4.79 Å². The average Bonchev–Trinajstić information content (AvgIpc) is 2.53. The van der Waals surface area contributed by atoms with Gasteiger partial charge in [-0.15, -0.1) is 0 Å². The fourth-order valence-electron chi connectivity index (χ4n) is 3.04. The second-order valence-corrected chi connectivity index (χ2v) is 6.61. The smallest absolute Gasteiger partial charge is 0.236 e. The zero-order valence-corrected chi connectivity index (χ0v) is 13.7. The van der Waals surface area contributed by atoms with Gasteiger partial charge in [0.1, 0.15) is 5.75 Å². The van der Waals surface area contributed by atoms with Crippen LogP contribution in [0.15, 0.2) is 22.7 Å². The molecule has 1 fully saturated rings. The first-order valence-corrected chi connectivity index (χ1v) is 8.47. The fourth-order valence-corrected chi connectivity index (χ4v) is 3.42. The number of ether oxygens (including phenoxy) is 1. The Balaban J connectivity index is 1.61. The summed E-state index contributed by atoms with van der Waals surface area (Å²) in [6.45, 7) is 2.94. The van der Waals surface area contributed by atoms with Crippen molar-refractivity contribution in [1.29, 1.82) is 0 Å². The number of rotatable bonds is 3. The minimum Gasteiger partial charge on any atom is -0.493 e. The van der Waals surface area contributed by atoms with E-state index in [1.165, 1.54) is 6.42 Å². The molecule has 21 heavy (non-hydrogen) atoms. The van der Waals surface area contributed by atoms with Crippen LogP contribution in [-0.4, -0.2) is 37.0 Å². The lowest BCUT2D eigenvalue weighted by atomic mass is 10.0. The lowest BCUT2D eigenvalue weighted by Crippen LogP contribution is -2.42. The summed E-state index contributed by atoms with van der Waals surface area (Å²) in [6.07, 6.45) is 4.42. The first-order chi connectivity index (χ1) is 10.2. The molecule has 1 amide bonds. The number of fused-ring (bicyclic) bond motifs is 1. The van der Waals surface area contributed by atoms with Crippen molar-refractivity contribution in [3.05, 3.63) is 28.2 Å². The number of nitrogens with one attached hydrogen (secondary N) is 1. The monoisotopic (exact) mass is 352 g/mol. The standard InChI is InChI=1S/C16H21BrN2O2/c17-12-4-5-15-13(10-12)14(6-9-21-15)18-11-16(20)19-7-2-1-3-8-19/h4-5,10,14,18H,1-3,6-9,11H2. The highest BCUT2D eigenvalue weighted by Gasteiger charge is 2.23. The van der Waals surface area contributed by atoms with E-state index in [1.807, 2.05) is 17.0 Å². The van der Waals surface area contributed by atoms with Gasteiger partial charge in [-0.1, -0.05) is 15.9 Å². The topological polar surface area (TPSA) is 41.6 Å². The molecule has 0 spiro atoms. The summed E-state index contributed by atoms with van der Waals surface area (Å²) >= 11 is 3.50. The van der Waals surface area contributed by atoms with E-state index in [0.29, 0.717) is 13.2 Å². The molecule has 0 bridgehead atoms. The van der Waals surface area contributed by atoms with Crippen molar-refractivity contribution in [2.24, 2.45) is 0 Å². The maximum absolute atomic E-state index is 12.2. The summed E-state index contributed by atoms with van der Waals surface area (Å²) in [5.41, 5.74) is 1.14. The van der Waals surface area contributed by atoms with Gasteiger partial charge in [-0.3, -0.25) is 4.79 Å². The van der Waals surface area contributed by atoms with Gasteiger partial charge in [-0.25, -0.2) is 0 Å². The molecule has 2 aliphatic heterocycles. The number of halogens is 1. The summed E-state index contributed by atoms with van der Waals surface area (Å²) in [6, 6.07) is 6.25. The number of nitrogens with zero attached hydrogens (tertiary/aromatic N) is 1. The third-order valence-electron chi connectivity index (χ3n) is 4.22. The van der Waals surface area contributed by atoms with Gasteiger partial charge < -0.3 is 15.0 Å². The number of amides is 1. The van der Waals surface area contributed by atoms with Gasteiger partial charge in [-0.2, -0.15) is 0 Å². The normalized spacial score (nSPS) is 21.6. The van der Waals surface area contributed by atoms with E-state index < -0.39 is 0 Å². The molecule has 0 aliphatic carbocycles. The first-order valence-electron chi connectivity index (χ1n) is 7.67. The Morgan fingerprint density at radius 3 is 2.95 bits per heavy atom. The molecule has 1 aromatic carbocycles. The molecule has 0 aromatic heterocycles. The van der Waals surface area contributed by atoms with Crippen LogP contribution in [0.4, 0.5) is 0 Å². The van der Waals surface area contributed by atoms with Gasteiger partial charge in [0, 0.05) is 35.6 Å². The molecule has 3 rings (SSSR count). The molecule has 2 aliphatic rings. The molecular formula is C16H21BrN2O2. The summed E-state index contributed by atoms with van der Waals surface area (Å²) < 4.78 is 6.72. The van der Waals surface area contributed by atoms with Gasteiger partial charge in [0.25, 0.3) is 0 Å². The van der Waals surface area contributed by atoms with E-state index in [0.717, 1.165) is 48.1 Å². The fraction of sp³-hybridized carbons (Fsp3) is 0.562. The lowest BCUT2D eigenvalue weighted by molar-refractivity contribution is -0.131. The Kier molecular flexibility index (Phi) is 4.80. The number of carbonyl (C=O) groups is 1. The molecule has 5 heteroatoms. The Bertz CT molecular complexity index is 515. The van der Waals surface area contributed by atoms with Crippen LogP contribution in [-0.2, 0) is 4.79 Å². The summed E-state index contributed by atoms with van der Waals surface area (Å²) in [5.74, 6) is 1.14. The van der Waals surface area contributed by atoms with Gasteiger partial charge >= 0.3 is 0 Å². The molecule has 2 heterocycles. The van der Waals surface area contributed by atoms with Crippen molar-refractivity contribution in [2.45, 2.75) is 31.7 Å². The van der Waals surface area contributed by atoms with Crippen LogP contribution in [0, 0.1) is 0 Å². The van der Waals surface area contributed by atoms with Gasteiger partial charge in [0.2, 0.25) is 5.91 Å². The highest BCUT2D eigenvalue weighted by molar-refractivity contribution is 9.10. The van der Waals surface area contributed by atoms with Crippen molar-refractivity contribution >= 4 is 21.8 Å². The van der Waals surface area contributed by atoms with E-state index in [1.54, 1.807) is 0 Å². The van der Waals surface area contributed by atoms with E-state index >= 15 is 0 Å². The molecule has 1 aromatic rings. The molecule has 4 nitrogen and oxygen atoms in total. The molecule has 1 atom stereocenters. The molecule has 114 valence electrons. The van der Waals surface area contributed by atoms with E-state index in [4.69, 9.17) is 4.74 Å². The largest absolute Gasteiger partial charge is 0.493 e. The van der Waals surface area contributed by atoms with Crippen LogP contribution >= 0.6 is 15.9 Å². The average molecular weight is 353 g/mol. The van der Waals surface area contributed by atoms with Gasteiger partial charge in [-0.05, 0) is 37.5 Å². The number of hydrogen-bond acceptors (Lipinski definition) is 3. The number of likely N-dealkylation sites (tertiary alicyclic amines) is 1. The second kappa shape index (κ2) is 6.79. The molecule has 1 unspecified atom stereocenters. The van der Waals surface area contributed by atoms with E-state index in [-0.39, 0.29) is 11.9 Å². The highest BCUT2D eigenvalue weighted by Crippen LogP contribution is 2.33. The van der Waals surface area contributed by atoms with Crippen molar-refractivity contribution in [3.63, 3.8) is 0 Å². The van der Waals surface area contributed by atoms with Crippen LogP contribution in [0.2, 0.25) is 0 Å². The molecular weight excluding hydrogens is 332 g/mol. The SMILES string of the molecule is O=C(CNC1CCOc2ccc(Br)cc21)N1CCCCC1. The summed E-state index contributed by atoms with van der Waals surface area (Å²) in [4.78, 5) is 14.2. The van der Waals surface area contributed by atoms with Crippen LogP contribution in [0.5, 0.6) is 5.75 Å². The van der Waals surface area contributed by atoms with Gasteiger partial charge in [0.15, 0.2) is 0 Å². The Morgan fingerprint density at radius 2 is 2.14 bits per heavy atom. The van der Waals surface area contributed by atoms with Crippen LogP contribution in [0.3, 0.4) is 0 Å². The predicted octanol–water partition coefficient (Wildman–Crippen LogP) is 2.87. The van der Waals surface area contributed by atoms with Crippen molar-refractivity contribution in [3.8, 4) is 5.75 Å². The zero-order chi connectivity index (χ0) is 14.7. The van der Waals surface area contributed by atoms with Crippen LogP contribution in [0.25, 0.3) is 0 Å². The minimum atomic E-state index is 0.194. The number of carbonyl (C=O) groups excluding carboxylic acids is 1. The van der Waals surface area contributed by atoms with Crippen LogP contribution < -0.4 is 10.1 Å². The minimum absolute atomic E-state index is 0.194. The first kappa shape index (κ1) is 14.9. The van der Waals surface area contributed by atoms with Crippen molar-refractivity contribution < 1.29 is 9.53 Å². The Labute approximate surface area is 134 Å². The highest BCUT2D eigenvalue weighted by atomic mass is 79.9. The molecule has 1 N–H and O–H groups in total.